The van der Waals surface area contributed by atoms with E-state index >= 15 is 0 Å². The average molecular weight is 327 g/mol. The third-order valence-corrected chi connectivity index (χ3v) is 4.98. The average Bonchev–Trinajstić information content (AvgIpc) is 2.74. The van der Waals surface area contributed by atoms with Gasteiger partial charge in [-0.3, -0.25) is 4.79 Å². The maximum Gasteiger partial charge on any atom is 0.248 e. The van der Waals surface area contributed by atoms with Gasteiger partial charge < -0.3 is 14.8 Å². The molecule has 1 aromatic carbocycles. The lowest BCUT2D eigenvalue weighted by molar-refractivity contribution is -0.127. The van der Waals surface area contributed by atoms with Gasteiger partial charge in [0.25, 0.3) is 0 Å². The van der Waals surface area contributed by atoms with E-state index in [1.54, 1.807) is 12.1 Å². The van der Waals surface area contributed by atoms with E-state index in [9.17, 15) is 9.18 Å². The van der Waals surface area contributed by atoms with Crippen LogP contribution >= 0.6 is 0 Å². The van der Waals surface area contributed by atoms with Crippen LogP contribution < -0.4 is 5.32 Å². The van der Waals surface area contributed by atoms with Crippen molar-refractivity contribution in [1.82, 2.24) is 14.8 Å². The SMILES string of the molecule is O=C(C=C1CCCCCN1)N1CCn2c(cc3cc(F)ccc32)C1. The Balaban J connectivity index is 1.54. The van der Waals surface area contributed by atoms with Gasteiger partial charge in [-0.15, -0.1) is 0 Å². The van der Waals surface area contributed by atoms with Crippen LogP contribution in [0, 0.1) is 5.82 Å². The molecule has 1 saturated heterocycles. The van der Waals surface area contributed by atoms with Crippen molar-refractivity contribution >= 4 is 16.8 Å². The zero-order valence-electron chi connectivity index (χ0n) is 13.7. The zero-order chi connectivity index (χ0) is 16.5. The minimum Gasteiger partial charge on any atom is -0.388 e. The number of nitrogens with zero attached hydrogens (tertiary/aromatic N) is 2. The summed E-state index contributed by atoms with van der Waals surface area (Å²) in [6, 6.07) is 6.87. The number of carbonyl (C=O) groups excluding carboxylic acids is 1. The highest BCUT2D eigenvalue weighted by molar-refractivity contribution is 5.89. The van der Waals surface area contributed by atoms with Crippen molar-refractivity contribution < 1.29 is 9.18 Å². The fraction of sp³-hybridized carbons (Fsp3) is 0.421. The molecule has 2 aliphatic heterocycles. The van der Waals surface area contributed by atoms with Crippen molar-refractivity contribution in [2.45, 2.75) is 38.8 Å². The standard InChI is InChI=1S/C19H22FN3O/c20-15-5-6-18-14(10-15)11-17-13-22(8-9-23(17)18)19(24)12-16-4-2-1-3-7-21-16/h5-6,10-12,21H,1-4,7-9,13H2. The van der Waals surface area contributed by atoms with Crippen LogP contribution in [0.5, 0.6) is 0 Å². The number of amides is 1. The van der Waals surface area contributed by atoms with E-state index in [4.69, 9.17) is 0 Å². The highest BCUT2D eigenvalue weighted by atomic mass is 19.1. The Morgan fingerprint density at radius 2 is 2.08 bits per heavy atom. The monoisotopic (exact) mass is 327 g/mol. The molecule has 3 heterocycles. The minimum absolute atomic E-state index is 0.0714. The maximum atomic E-state index is 13.4. The van der Waals surface area contributed by atoms with E-state index in [-0.39, 0.29) is 11.7 Å². The first-order valence-electron chi connectivity index (χ1n) is 8.72. The normalized spacial score (nSPS) is 19.9. The molecule has 1 fully saturated rings. The summed E-state index contributed by atoms with van der Waals surface area (Å²) in [6.45, 7) is 2.99. The molecule has 0 aliphatic carbocycles. The highest BCUT2D eigenvalue weighted by Gasteiger charge is 2.22. The lowest BCUT2D eigenvalue weighted by Gasteiger charge is -2.28. The number of rotatable bonds is 1. The summed E-state index contributed by atoms with van der Waals surface area (Å²) in [5.41, 5.74) is 3.18. The van der Waals surface area contributed by atoms with Crippen molar-refractivity contribution in [2.24, 2.45) is 0 Å². The van der Waals surface area contributed by atoms with Gasteiger partial charge in [0, 0.05) is 48.0 Å². The summed E-state index contributed by atoms with van der Waals surface area (Å²) < 4.78 is 15.6. The number of carbonyl (C=O) groups is 1. The van der Waals surface area contributed by atoms with Crippen molar-refractivity contribution in [1.29, 1.82) is 0 Å². The van der Waals surface area contributed by atoms with Gasteiger partial charge in [-0.05, 0) is 43.5 Å². The quantitative estimate of drug-likeness (QED) is 0.817. The topological polar surface area (TPSA) is 37.3 Å². The Labute approximate surface area is 140 Å². The van der Waals surface area contributed by atoms with Crippen LogP contribution in [0.15, 0.2) is 36.0 Å². The van der Waals surface area contributed by atoms with E-state index in [1.807, 2.05) is 17.0 Å². The maximum absolute atomic E-state index is 13.4. The fourth-order valence-electron chi connectivity index (χ4n) is 3.70. The summed E-state index contributed by atoms with van der Waals surface area (Å²) in [7, 11) is 0. The number of halogens is 1. The third kappa shape index (κ3) is 2.90. The van der Waals surface area contributed by atoms with Gasteiger partial charge in [-0.2, -0.15) is 0 Å². The molecule has 4 nitrogen and oxygen atoms in total. The van der Waals surface area contributed by atoms with Crippen molar-refractivity contribution in [3.05, 3.63) is 47.5 Å². The molecule has 1 aromatic heterocycles. The van der Waals surface area contributed by atoms with Crippen LogP contribution in [-0.2, 0) is 17.9 Å². The summed E-state index contributed by atoms with van der Waals surface area (Å²) in [4.78, 5) is 14.5. The van der Waals surface area contributed by atoms with E-state index < -0.39 is 0 Å². The van der Waals surface area contributed by atoms with E-state index in [2.05, 4.69) is 9.88 Å². The van der Waals surface area contributed by atoms with Crippen LogP contribution in [0.25, 0.3) is 10.9 Å². The lowest BCUT2D eigenvalue weighted by Crippen LogP contribution is -2.37. The van der Waals surface area contributed by atoms with Gasteiger partial charge >= 0.3 is 0 Å². The molecular formula is C19H22FN3O. The molecule has 0 spiro atoms. The molecule has 2 aromatic rings. The molecule has 126 valence electrons. The van der Waals surface area contributed by atoms with Gasteiger partial charge in [0.1, 0.15) is 5.82 Å². The number of allylic oxidation sites excluding steroid dienone is 1. The van der Waals surface area contributed by atoms with E-state index in [0.29, 0.717) is 13.1 Å². The second-order valence-electron chi connectivity index (χ2n) is 6.66. The zero-order valence-corrected chi connectivity index (χ0v) is 13.7. The molecule has 0 radical (unpaired) electrons. The fourth-order valence-corrected chi connectivity index (χ4v) is 3.70. The Morgan fingerprint density at radius 3 is 3.00 bits per heavy atom. The first-order valence-corrected chi connectivity index (χ1v) is 8.72. The van der Waals surface area contributed by atoms with Crippen molar-refractivity contribution in [3.8, 4) is 0 Å². The number of hydrogen-bond donors (Lipinski definition) is 1. The molecule has 0 bridgehead atoms. The lowest BCUT2D eigenvalue weighted by atomic mass is 10.2. The molecule has 24 heavy (non-hydrogen) atoms. The van der Waals surface area contributed by atoms with Gasteiger partial charge in [-0.1, -0.05) is 6.42 Å². The number of aromatic nitrogens is 1. The Bertz CT molecular complexity index is 798. The summed E-state index contributed by atoms with van der Waals surface area (Å²) in [6.07, 6.45) is 6.26. The second-order valence-corrected chi connectivity index (χ2v) is 6.66. The first kappa shape index (κ1) is 15.2. The van der Waals surface area contributed by atoms with E-state index in [1.165, 1.54) is 18.9 Å². The Morgan fingerprint density at radius 1 is 1.17 bits per heavy atom. The number of benzene rings is 1. The highest BCUT2D eigenvalue weighted by Crippen LogP contribution is 2.25. The van der Waals surface area contributed by atoms with Crippen LogP contribution in [0.3, 0.4) is 0 Å². The number of hydrogen-bond acceptors (Lipinski definition) is 2. The van der Waals surface area contributed by atoms with Crippen molar-refractivity contribution in [3.63, 3.8) is 0 Å². The molecular weight excluding hydrogens is 305 g/mol. The molecule has 4 rings (SSSR count). The third-order valence-electron chi connectivity index (χ3n) is 4.98. The van der Waals surface area contributed by atoms with Crippen LogP contribution in [0.1, 0.15) is 31.4 Å². The molecule has 1 N–H and O–H groups in total. The van der Waals surface area contributed by atoms with Crippen LogP contribution in [0.4, 0.5) is 4.39 Å². The Hall–Kier alpha value is -2.30. The summed E-state index contributed by atoms with van der Waals surface area (Å²) in [5.74, 6) is -0.148. The molecule has 0 saturated carbocycles. The smallest absolute Gasteiger partial charge is 0.248 e. The molecule has 2 aliphatic rings. The molecule has 0 unspecified atom stereocenters. The van der Waals surface area contributed by atoms with Crippen LogP contribution in [-0.4, -0.2) is 28.5 Å². The Kier molecular flexibility index (Phi) is 4.00. The molecule has 0 atom stereocenters. The van der Waals surface area contributed by atoms with Crippen LogP contribution in [0.2, 0.25) is 0 Å². The first-order chi connectivity index (χ1) is 11.7. The van der Waals surface area contributed by atoms with Gasteiger partial charge in [0.15, 0.2) is 0 Å². The summed E-state index contributed by atoms with van der Waals surface area (Å²) in [5, 5.41) is 4.27. The van der Waals surface area contributed by atoms with Gasteiger partial charge in [0.05, 0.1) is 6.54 Å². The molecule has 5 heteroatoms. The number of nitrogens with one attached hydrogen (secondary N) is 1. The van der Waals surface area contributed by atoms with Gasteiger partial charge in [-0.25, -0.2) is 4.39 Å². The largest absolute Gasteiger partial charge is 0.388 e. The van der Waals surface area contributed by atoms with E-state index in [0.717, 1.165) is 48.2 Å². The van der Waals surface area contributed by atoms with Crippen molar-refractivity contribution in [2.75, 3.05) is 13.1 Å². The second kappa shape index (κ2) is 6.30. The molecule has 1 amide bonds. The minimum atomic E-state index is -0.220. The predicted molar refractivity (Wildman–Crippen MR) is 91.9 cm³/mol. The predicted octanol–water partition coefficient (Wildman–Crippen LogP) is 3.17. The number of fused-ring (bicyclic) bond motifs is 3. The van der Waals surface area contributed by atoms with Gasteiger partial charge in [0.2, 0.25) is 5.91 Å². The summed E-state index contributed by atoms with van der Waals surface area (Å²) >= 11 is 0.